The lowest BCUT2D eigenvalue weighted by Crippen LogP contribution is -2.40. The van der Waals surface area contributed by atoms with Gasteiger partial charge in [0, 0.05) is 39.1 Å². The highest BCUT2D eigenvalue weighted by Crippen LogP contribution is 2.28. The van der Waals surface area contributed by atoms with Gasteiger partial charge in [0.1, 0.15) is 0 Å². The van der Waals surface area contributed by atoms with E-state index >= 15 is 0 Å². The number of hydrogen-bond acceptors (Lipinski definition) is 2. The second kappa shape index (κ2) is 8.69. The zero-order valence-corrected chi connectivity index (χ0v) is 17.6. The monoisotopic (exact) mass is 453 g/mol. The second-order valence-electron chi connectivity index (χ2n) is 7.26. The topological polar surface area (TPSA) is 45.5 Å². The standard InChI is InChI=1S/C19H27N5.HI/c1-19(2)8-11-23(15-19)18(20-3)21-13-16-6-4-7-17(12-16)14-24-10-5-9-22-24;/h4-7,9-10,12H,8,11,13-15H2,1-3H3,(H,20,21);1H. The first-order valence-corrected chi connectivity index (χ1v) is 8.57. The summed E-state index contributed by atoms with van der Waals surface area (Å²) in [5.41, 5.74) is 2.90. The van der Waals surface area contributed by atoms with Crippen LogP contribution in [0.1, 0.15) is 31.4 Å². The van der Waals surface area contributed by atoms with Gasteiger partial charge >= 0.3 is 0 Å². The van der Waals surface area contributed by atoms with E-state index in [9.17, 15) is 0 Å². The molecule has 0 saturated carbocycles. The molecule has 0 radical (unpaired) electrons. The number of aliphatic imine (C=N–C) groups is 1. The Balaban J connectivity index is 0.00000225. The maximum atomic E-state index is 4.45. The molecular weight excluding hydrogens is 425 g/mol. The van der Waals surface area contributed by atoms with Crippen molar-refractivity contribution < 1.29 is 0 Å². The number of hydrogen-bond donors (Lipinski definition) is 1. The van der Waals surface area contributed by atoms with Crippen LogP contribution in [0.25, 0.3) is 0 Å². The van der Waals surface area contributed by atoms with Crippen molar-refractivity contribution in [3.63, 3.8) is 0 Å². The average molecular weight is 453 g/mol. The van der Waals surface area contributed by atoms with E-state index in [0.717, 1.165) is 32.1 Å². The average Bonchev–Trinajstić information content (AvgIpc) is 3.18. The quantitative estimate of drug-likeness (QED) is 0.439. The Morgan fingerprint density at radius 2 is 2.08 bits per heavy atom. The molecule has 0 bridgehead atoms. The van der Waals surface area contributed by atoms with Crippen LogP contribution >= 0.6 is 24.0 Å². The Morgan fingerprint density at radius 3 is 2.72 bits per heavy atom. The SMILES string of the molecule is CN=C(NCc1cccc(Cn2cccn2)c1)N1CCC(C)(C)C1.I. The molecule has 1 aliphatic rings. The summed E-state index contributed by atoms with van der Waals surface area (Å²) < 4.78 is 1.94. The molecule has 1 saturated heterocycles. The van der Waals surface area contributed by atoms with Crippen molar-refractivity contribution in [1.82, 2.24) is 20.0 Å². The number of nitrogens with zero attached hydrogens (tertiary/aromatic N) is 4. The van der Waals surface area contributed by atoms with Crippen LogP contribution in [0, 0.1) is 5.41 Å². The Bertz CT molecular complexity index is 694. The summed E-state index contributed by atoms with van der Waals surface area (Å²) in [6, 6.07) is 10.6. The molecule has 3 rings (SSSR count). The molecule has 1 aromatic heterocycles. The first-order chi connectivity index (χ1) is 11.6. The highest BCUT2D eigenvalue weighted by molar-refractivity contribution is 14.0. The summed E-state index contributed by atoms with van der Waals surface area (Å²) >= 11 is 0. The summed E-state index contributed by atoms with van der Waals surface area (Å²) in [5.74, 6) is 0.998. The highest BCUT2D eigenvalue weighted by atomic mass is 127. The maximum Gasteiger partial charge on any atom is 0.193 e. The molecule has 1 N–H and O–H groups in total. The number of nitrogens with one attached hydrogen (secondary N) is 1. The van der Waals surface area contributed by atoms with Gasteiger partial charge in [-0.15, -0.1) is 24.0 Å². The Kier molecular flexibility index (Phi) is 6.87. The van der Waals surface area contributed by atoms with Gasteiger partial charge in [-0.3, -0.25) is 9.67 Å². The van der Waals surface area contributed by atoms with E-state index < -0.39 is 0 Å². The minimum atomic E-state index is 0. The van der Waals surface area contributed by atoms with E-state index in [4.69, 9.17) is 0 Å². The van der Waals surface area contributed by atoms with Crippen LogP contribution in [0.4, 0.5) is 0 Å². The van der Waals surface area contributed by atoms with Crippen LogP contribution < -0.4 is 5.32 Å². The van der Waals surface area contributed by atoms with E-state index in [2.05, 4.69) is 58.4 Å². The van der Waals surface area contributed by atoms with E-state index in [0.29, 0.717) is 5.41 Å². The third kappa shape index (κ3) is 5.45. The molecule has 0 amide bonds. The van der Waals surface area contributed by atoms with E-state index in [1.165, 1.54) is 17.5 Å². The third-order valence-electron chi connectivity index (χ3n) is 4.53. The van der Waals surface area contributed by atoms with Gasteiger partial charge < -0.3 is 10.2 Å². The van der Waals surface area contributed by atoms with Gasteiger partial charge in [-0.1, -0.05) is 38.1 Å². The number of halogens is 1. The third-order valence-corrected chi connectivity index (χ3v) is 4.53. The van der Waals surface area contributed by atoms with Crippen molar-refractivity contribution >= 4 is 29.9 Å². The van der Waals surface area contributed by atoms with Gasteiger partial charge in [-0.25, -0.2) is 0 Å². The van der Waals surface area contributed by atoms with Gasteiger partial charge in [0.05, 0.1) is 6.54 Å². The van der Waals surface area contributed by atoms with Gasteiger partial charge in [0.25, 0.3) is 0 Å². The molecular formula is C19H28IN5. The van der Waals surface area contributed by atoms with Crippen LogP contribution in [0.2, 0.25) is 0 Å². The first kappa shape index (κ1) is 19.8. The van der Waals surface area contributed by atoms with Crippen LogP contribution in [0.3, 0.4) is 0 Å². The highest BCUT2D eigenvalue weighted by Gasteiger charge is 2.30. The van der Waals surface area contributed by atoms with Crippen molar-refractivity contribution in [2.75, 3.05) is 20.1 Å². The fraction of sp³-hybridized carbons (Fsp3) is 0.474. The molecule has 0 unspecified atom stereocenters. The zero-order chi connectivity index (χ0) is 17.0. The van der Waals surface area contributed by atoms with Crippen molar-refractivity contribution in [3.05, 3.63) is 53.9 Å². The Labute approximate surface area is 167 Å². The van der Waals surface area contributed by atoms with Crippen LogP contribution in [-0.4, -0.2) is 40.8 Å². The molecule has 5 nitrogen and oxygen atoms in total. The fourth-order valence-electron chi connectivity index (χ4n) is 3.23. The van der Waals surface area contributed by atoms with E-state index in [1.54, 1.807) is 0 Å². The molecule has 2 heterocycles. The second-order valence-corrected chi connectivity index (χ2v) is 7.26. The maximum absolute atomic E-state index is 4.45. The van der Waals surface area contributed by atoms with Gasteiger partial charge in [0.15, 0.2) is 5.96 Å². The normalized spacial score (nSPS) is 16.6. The number of rotatable bonds is 4. The Hall–Kier alpha value is -1.57. The van der Waals surface area contributed by atoms with E-state index in [-0.39, 0.29) is 24.0 Å². The Morgan fingerprint density at radius 1 is 1.28 bits per heavy atom. The lowest BCUT2D eigenvalue weighted by molar-refractivity contribution is 0.370. The lowest BCUT2D eigenvalue weighted by atomic mass is 9.93. The van der Waals surface area contributed by atoms with Crippen LogP contribution in [0.15, 0.2) is 47.7 Å². The van der Waals surface area contributed by atoms with Crippen molar-refractivity contribution in [2.45, 2.75) is 33.4 Å². The minimum absolute atomic E-state index is 0. The molecule has 1 fully saturated rings. The van der Waals surface area contributed by atoms with Gasteiger partial charge in [0.2, 0.25) is 0 Å². The number of guanidine groups is 1. The minimum Gasteiger partial charge on any atom is -0.352 e. The summed E-state index contributed by atoms with van der Waals surface area (Å²) in [5, 5.41) is 7.77. The lowest BCUT2D eigenvalue weighted by Gasteiger charge is -2.23. The predicted molar refractivity (Wildman–Crippen MR) is 113 cm³/mol. The van der Waals surface area contributed by atoms with Crippen molar-refractivity contribution in [3.8, 4) is 0 Å². The van der Waals surface area contributed by atoms with Gasteiger partial charge in [-0.2, -0.15) is 5.10 Å². The molecule has 25 heavy (non-hydrogen) atoms. The number of aromatic nitrogens is 2. The molecule has 136 valence electrons. The molecule has 1 aliphatic heterocycles. The molecule has 0 atom stereocenters. The first-order valence-electron chi connectivity index (χ1n) is 8.57. The predicted octanol–water partition coefficient (Wildman–Crippen LogP) is 3.36. The summed E-state index contributed by atoms with van der Waals surface area (Å²) in [6.07, 6.45) is 5.02. The fourth-order valence-corrected chi connectivity index (χ4v) is 3.23. The molecule has 0 aliphatic carbocycles. The van der Waals surface area contributed by atoms with Crippen molar-refractivity contribution in [2.24, 2.45) is 10.4 Å². The smallest absolute Gasteiger partial charge is 0.193 e. The molecule has 0 spiro atoms. The summed E-state index contributed by atoms with van der Waals surface area (Å²) in [7, 11) is 1.86. The molecule has 6 heteroatoms. The van der Waals surface area contributed by atoms with Crippen LogP contribution in [-0.2, 0) is 13.1 Å². The van der Waals surface area contributed by atoms with E-state index in [1.807, 2.05) is 30.2 Å². The van der Waals surface area contributed by atoms with Crippen LogP contribution in [0.5, 0.6) is 0 Å². The van der Waals surface area contributed by atoms with Crippen molar-refractivity contribution in [1.29, 1.82) is 0 Å². The largest absolute Gasteiger partial charge is 0.352 e. The zero-order valence-electron chi connectivity index (χ0n) is 15.3. The number of benzene rings is 1. The van der Waals surface area contributed by atoms with Gasteiger partial charge in [-0.05, 0) is 29.0 Å². The molecule has 1 aromatic carbocycles. The molecule has 2 aromatic rings. The summed E-state index contributed by atoms with van der Waals surface area (Å²) in [6.45, 7) is 8.36. The summed E-state index contributed by atoms with van der Waals surface area (Å²) in [4.78, 5) is 6.81. The number of likely N-dealkylation sites (tertiary alicyclic amines) is 1.